The van der Waals surface area contributed by atoms with Crippen molar-refractivity contribution in [2.24, 2.45) is 0 Å². The van der Waals surface area contributed by atoms with Crippen LogP contribution in [0.3, 0.4) is 0 Å². The fourth-order valence-corrected chi connectivity index (χ4v) is 20.5. The lowest BCUT2D eigenvalue weighted by molar-refractivity contribution is 0.669. The molecule has 0 spiro atoms. The van der Waals surface area contributed by atoms with E-state index < -0.39 is 0 Å². The minimum Gasteiger partial charge on any atom is -0.455 e. The summed E-state index contributed by atoms with van der Waals surface area (Å²) in [6.45, 7) is 0. The fourth-order valence-electron chi connectivity index (χ4n) is 20.5. The maximum Gasteiger partial charge on any atom is 0.143 e. The van der Waals surface area contributed by atoms with Crippen LogP contribution in [0.1, 0.15) is 0 Å². The largest absolute Gasteiger partial charge is 0.455 e. The van der Waals surface area contributed by atoms with E-state index in [9.17, 15) is 0 Å². The molecule has 22 aromatic carbocycles. The van der Waals surface area contributed by atoms with Crippen molar-refractivity contribution in [2.75, 3.05) is 9.80 Å². The number of benzene rings is 22. The van der Waals surface area contributed by atoms with Crippen LogP contribution >= 0.6 is 0 Å². The van der Waals surface area contributed by atoms with Crippen LogP contribution in [0.25, 0.3) is 210 Å². The molecule has 0 aliphatic rings. The summed E-state index contributed by atoms with van der Waals surface area (Å²) in [5, 5.41) is 9.61. The Bertz CT molecular complexity index is 8880. The van der Waals surface area contributed by atoms with Gasteiger partial charge in [0.05, 0.1) is 33.4 Å². The summed E-state index contributed by atoms with van der Waals surface area (Å²) in [6.07, 6.45) is 0. The van der Waals surface area contributed by atoms with Crippen molar-refractivity contribution in [1.29, 1.82) is 0 Å². The number of hydrogen-bond acceptors (Lipinski definition) is 4. The monoisotopic (exact) mass is 1760 g/mol. The highest BCUT2D eigenvalue weighted by Gasteiger charge is 2.23. The minimum atomic E-state index is 0.911. The SMILES string of the molecule is c1ccc(-c2ccc(N(c3ccc(-c4ccc(-c5ccccc5-n5c6ccccc6c6ccccc65)cc4)cc3)c3ccc(-c4ccc(-c5cccc6c5oc5ccccc56)cc4)cc3)cc2)cc1.c1ccc(-c2cccc(N(c3ccc(-c4ccc(-c5ccccc5-n5c6ccccc6c6ccccc65)cc4)cc3)c3ccc(-c4ccc(-c5cccc6c5oc5ccccc56)cc4)cc3)c2)cc1. The van der Waals surface area contributed by atoms with Crippen LogP contribution in [-0.4, -0.2) is 9.13 Å². The van der Waals surface area contributed by atoms with Crippen LogP contribution in [0.5, 0.6) is 0 Å². The van der Waals surface area contributed by atoms with Crippen molar-refractivity contribution in [3.63, 3.8) is 0 Å². The van der Waals surface area contributed by atoms with Gasteiger partial charge in [-0.3, -0.25) is 0 Å². The summed E-state index contributed by atoms with van der Waals surface area (Å²) >= 11 is 0. The van der Waals surface area contributed by atoms with Crippen molar-refractivity contribution < 1.29 is 8.83 Å². The molecule has 0 saturated carbocycles. The van der Waals surface area contributed by atoms with Gasteiger partial charge in [0.2, 0.25) is 0 Å². The lowest BCUT2D eigenvalue weighted by atomic mass is 9.98. The first-order valence-corrected chi connectivity index (χ1v) is 47.1. The molecular weight excluding hydrogens is 1670 g/mol. The molecule has 138 heavy (non-hydrogen) atoms. The molecule has 648 valence electrons. The van der Waals surface area contributed by atoms with Crippen molar-refractivity contribution in [3.8, 4) is 123 Å². The summed E-state index contributed by atoms with van der Waals surface area (Å²) in [4.78, 5) is 4.69. The molecule has 0 saturated heterocycles. The van der Waals surface area contributed by atoms with Gasteiger partial charge in [-0.1, -0.05) is 413 Å². The first-order valence-electron chi connectivity index (χ1n) is 47.1. The zero-order valence-corrected chi connectivity index (χ0v) is 75.4. The van der Waals surface area contributed by atoms with Gasteiger partial charge in [0.25, 0.3) is 0 Å². The molecule has 4 heterocycles. The maximum absolute atomic E-state index is 6.37. The number of anilines is 6. The topological polar surface area (TPSA) is 42.6 Å². The van der Waals surface area contributed by atoms with Gasteiger partial charge in [0.1, 0.15) is 22.3 Å². The molecule has 4 aromatic heterocycles. The smallest absolute Gasteiger partial charge is 0.143 e. The summed E-state index contributed by atoms with van der Waals surface area (Å²) in [6, 6.07) is 192. The van der Waals surface area contributed by atoms with Gasteiger partial charge in [-0.15, -0.1) is 0 Å². The molecule has 0 aliphatic heterocycles. The Balaban J connectivity index is 0.000000146. The molecule has 0 atom stereocenters. The first-order chi connectivity index (χ1) is 68.4. The molecule has 26 rings (SSSR count). The summed E-state index contributed by atoms with van der Waals surface area (Å²) in [7, 11) is 0. The average molecular weight is 1760 g/mol. The number of fused-ring (bicyclic) bond motifs is 12. The van der Waals surface area contributed by atoms with Crippen LogP contribution in [0.2, 0.25) is 0 Å². The third-order valence-corrected chi connectivity index (χ3v) is 27.3. The van der Waals surface area contributed by atoms with E-state index in [4.69, 9.17) is 8.83 Å². The van der Waals surface area contributed by atoms with Crippen LogP contribution in [0.4, 0.5) is 34.1 Å². The molecule has 0 fully saturated rings. The van der Waals surface area contributed by atoms with Crippen LogP contribution in [0, 0.1) is 0 Å². The second kappa shape index (κ2) is 35.3. The van der Waals surface area contributed by atoms with Gasteiger partial charge in [0, 0.05) is 99.5 Å². The van der Waals surface area contributed by atoms with Crippen molar-refractivity contribution in [2.45, 2.75) is 0 Å². The third kappa shape index (κ3) is 15.1. The summed E-state index contributed by atoms with van der Waals surface area (Å²) < 4.78 is 17.6. The van der Waals surface area contributed by atoms with Crippen molar-refractivity contribution >= 4 is 122 Å². The highest BCUT2D eigenvalue weighted by molar-refractivity contribution is 6.13. The minimum absolute atomic E-state index is 0.911. The zero-order valence-electron chi connectivity index (χ0n) is 75.4. The van der Waals surface area contributed by atoms with Gasteiger partial charge in [-0.05, 0) is 210 Å². The highest BCUT2D eigenvalue weighted by atomic mass is 16.3. The van der Waals surface area contributed by atoms with Gasteiger partial charge in [-0.25, -0.2) is 0 Å². The number of hydrogen-bond donors (Lipinski definition) is 0. The Kier molecular flexibility index (Phi) is 20.9. The molecule has 0 N–H and O–H groups in total. The van der Waals surface area contributed by atoms with E-state index in [1.807, 2.05) is 24.3 Å². The Hall–Kier alpha value is -18.4. The van der Waals surface area contributed by atoms with E-state index >= 15 is 0 Å². The molecule has 0 amide bonds. The third-order valence-electron chi connectivity index (χ3n) is 27.3. The van der Waals surface area contributed by atoms with E-state index in [1.165, 1.54) is 111 Å². The lowest BCUT2D eigenvalue weighted by Gasteiger charge is -2.26. The normalized spacial score (nSPS) is 11.5. The lowest BCUT2D eigenvalue weighted by Crippen LogP contribution is -2.10. The number of aromatic nitrogens is 2. The molecule has 0 bridgehead atoms. The predicted molar refractivity (Wildman–Crippen MR) is 580 cm³/mol. The molecule has 0 unspecified atom stereocenters. The van der Waals surface area contributed by atoms with Crippen LogP contribution < -0.4 is 9.80 Å². The fraction of sp³-hybridized carbons (Fsp3) is 0. The van der Waals surface area contributed by atoms with E-state index in [0.717, 1.165) is 134 Å². The van der Waals surface area contributed by atoms with E-state index in [1.54, 1.807) is 0 Å². The van der Waals surface area contributed by atoms with Crippen LogP contribution in [0.15, 0.2) is 543 Å². The standard InChI is InChI=1S/2C66H44N2O/c1-2-14-45(15-3-1)52-16-12-17-55(44-52)67(54-42-38-49(39-43-54)47-30-34-51(35-31-47)57-22-13-23-61-60-21-7-11-27-65(60)69-66(57)61)53-40-36-48(37-41-53)46-28-32-50(33-29-46)56-18-4-8-24-62(56)68-63-25-9-5-19-58(63)59-20-6-10-26-64(59)68;1-2-13-45(14-3-1)48-33-39-53(40-34-48)67(55-43-37-50(38-44-55)47-27-31-52(32-28-47)57-19-12-20-61-60-18-7-11-24-65(60)69-66(57)61)54-41-35-49(36-42-54)46-25-29-51(30-26-46)56-15-4-8-21-62(56)68-63-22-9-5-16-58(63)59-17-6-10-23-64(59)68/h2*1-44H. The molecular formula is C132H88N4O2. The Morgan fingerprint density at radius 2 is 0.355 bits per heavy atom. The second-order valence-electron chi connectivity index (χ2n) is 35.3. The molecule has 0 aliphatic carbocycles. The number of furan rings is 2. The molecule has 6 nitrogen and oxygen atoms in total. The maximum atomic E-state index is 6.37. The number of para-hydroxylation sites is 10. The predicted octanol–water partition coefficient (Wildman–Crippen LogP) is 37.0. The Morgan fingerprint density at radius 1 is 0.138 bits per heavy atom. The van der Waals surface area contributed by atoms with E-state index in [0.29, 0.717) is 0 Å². The van der Waals surface area contributed by atoms with Gasteiger partial charge >= 0.3 is 0 Å². The molecule has 0 radical (unpaired) electrons. The molecule has 6 heteroatoms. The quantitative estimate of drug-likeness (QED) is 0.0859. The highest BCUT2D eigenvalue weighted by Crippen LogP contribution is 2.47. The summed E-state index contributed by atoms with van der Waals surface area (Å²) in [5.41, 5.74) is 40.6. The molecule has 26 aromatic rings. The van der Waals surface area contributed by atoms with Gasteiger partial charge in [0.15, 0.2) is 0 Å². The second-order valence-corrected chi connectivity index (χ2v) is 35.3. The van der Waals surface area contributed by atoms with Gasteiger partial charge in [-0.2, -0.15) is 0 Å². The van der Waals surface area contributed by atoms with Crippen molar-refractivity contribution in [3.05, 3.63) is 534 Å². The average Bonchev–Trinajstić information content (AvgIpc) is 1.59. The Morgan fingerprint density at radius 3 is 0.688 bits per heavy atom. The van der Waals surface area contributed by atoms with E-state index in [2.05, 4.69) is 529 Å². The van der Waals surface area contributed by atoms with E-state index in [-0.39, 0.29) is 0 Å². The Labute approximate surface area is 800 Å². The zero-order chi connectivity index (χ0) is 91.4. The number of nitrogens with zero attached hydrogens (tertiary/aromatic N) is 4. The number of rotatable bonds is 18. The van der Waals surface area contributed by atoms with Gasteiger partial charge < -0.3 is 27.8 Å². The first kappa shape index (κ1) is 81.6. The summed E-state index contributed by atoms with van der Waals surface area (Å²) in [5.74, 6) is 0. The van der Waals surface area contributed by atoms with Crippen molar-refractivity contribution in [1.82, 2.24) is 9.13 Å². The van der Waals surface area contributed by atoms with Crippen LogP contribution in [-0.2, 0) is 0 Å².